The van der Waals surface area contributed by atoms with E-state index in [1.165, 1.54) is 22.8 Å². The monoisotopic (exact) mass is 259 g/mol. The van der Waals surface area contributed by atoms with Crippen molar-refractivity contribution in [3.63, 3.8) is 0 Å². The summed E-state index contributed by atoms with van der Waals surface area (Å²) in [6, 6.07) is 8.13. The predicted molar refractivity (Wildman–Crippen MR) is 71.6 cm³/mol. The first-order valence-electron chi connectivity index (χ1n) is 5.92. The van der Waals surface area contributed by atoms with Gasteiger partial charge in [0.15, 0.2) is 0 Å². The topological polar surface area (TPSA) is 39.2 Å². The largest absolute Gasteiger partial charge is 0.459 e. The average Bonchev–Trinajstić information content (AvgIpc) is 2.85. The number of esters is 1. The molecule has 0 unspecified atom stereocenters. The SMILES string of the molecule is CC(=O)OCc1nc2ccccc2c2c1CCS2. The summed E-state index contributed by atoms with van der Waals surface area (Å²) >= 11 is 1.87. The van der Waals surface area contributed by atoms with Crippen LogP contribution in [0, 0.1) is 0 Å². The summed E-state index contributed by atoms with van der Waals surface area (Å²) in [6.45, 7) is 1.71. The van der Waals surface area contributed by atoms with Gasteiger partial charge in [-0.3, -0.25) is 4.79 Å². The zero-order valence-electron chi connectivity index (χ0n) is 10.1. The fourth-order valence-electron chi connectivity index (χ4n) is 2.24. The quantitative estimate of drug-likeness (QED) is 0.777. The minimum atomic E-state index is -0.260. The molecule has 4 heteroatoms. The van der Waals surface area contributed by atoms with Crippen LogP contribution >= 0.6 is 11.8 Å². The third-order valence-corrected chi connectivity index (χ3v) is 4.20. The number of aromatic nitrogens is 1. The van der Waals surface area contributed by atoms with Crippen molar-refractivity contribution in [3.05, 3.63) is 35.5 Å². The van der Waals surface area contributed by atoms with E-state index in [-0.39, 0.29) is 12.6 Å². The molecule has 0 spiro atoms. The Hall–Kier alpha value is -1.55. The molecule has 0 atom stereocenters. The Balaban J connectivity index is 2.12. The van der Waals surface area contributed by atoms with Crippen molar-refractivity contribution in [2.75, 3.05) is 5.75 Å². The van der Waals surface area contributed by atoms with Gasteiger partial charge in [-0.15, -0.1) is 11.8 Å². The lowest BCUT2D eigenvalue weighted by Gasteiger charge is -2.10. The van der Waals surface area contributed by atoms with E-state index in [1.54, 1.807) is 0 Å². The van der Waals surface area contributed by atoms with Crippen molar-refractivity contribution >= 4 is 28.6 Å². The first-order chi connectivity index (χ1) is 8.75. The maximum atomic E-state index is 10.9. The highest BCUT2D eigenvalue weighted by Crippen LogP contribution is 2.38. The molecule has 0 radical (unpaired) electrons. The standard InChI is InChI=1S/C14H13NO2S/c1-9(16)17-8-13-11-6-7-18-14(11)10-4-2-3-5-12(10)15-13/h2-5H,6-8H2,1H3. The van der Waals surface area contributed by atoms with Gasteiger partial charge in [-0.25, -0.2) is 4.98 Å². The molecule has 1 aromatic heterocycles. The molecule has 1 aliphatic rings. The van der Waals surface area contributed by atoms with Crippen molar-refractivity contribution in [1.82, 2.24) is 4.98 Å². The molecule has 1 aliphatic heterocycles. The van der Waals surface area contributed by atoms with Gasteiger partial charge < -0.3 is 4.74 Å². The molecule has 0 N–H and O–H groups in total. The molecule has 0 fully saturated rings. The summed E-state index contributed by atoms with van der Waals surface area (Å²) in [5.41, 5.74) is 3.14. The van der Waals surface area contributed by atoms with Crippen LogP contribution in [0.4, 0.5) is 0 Å². The van der Waals surface area contributed by atoms with Crippen LogP contribution < -0.4 is 0 Å². The maximum Gasteiger partial charge on any atom is 0.303 e. The van der Waals surface area contributed by atoms with E-state index >= 15 is 0 Å². The van der Waals surface area contributed by atoms with Crippen LogP contribution in [0.1, 0.15) is 18.2 Å². The molecular formula is C14H13NO2S. The lowest BCUT2D eigenvalue weighted by molar-refractivity contribution is -0.142. The fraction of sp³-hybridized carbons (Fsp3) is 0.286. The molecule has 3 rings (SSSR count). The number of hydrogen-bond donors (Lipinski definition) is 0. The Kier molecular flexibility index (Phi) is 2.96. The third kappa shape index (κ3) is 1.97. The van der Waals surface area contributed by atoms with Crippen molar-refractivity contribution in [3.8, 4) is 0 Å². The number of nitrogens with zero attached hydrogens (tertiary/aromatic N) is 1. The Morgan fingerprint density at radius 3 is 3.11 bits per heavy atom. The van der Waals surface area contributed by atoms with Gasteiger partial charge in [0.25, 0.3) is 0 Å². The summed E-state index contributed by atoms with van der Waals surface area (Å²) in [5.74, 6) is 0.822. The van der Waals surface area contributed by atoms with Crippen LogP contribution in [-0.4, -0.2) is 16.7 Å². The number of carbonyl (C=O) groups excluding carboxylic acids is 1. The number of para-hydroxylation sites is 1. The van der Waals surface area contributed by atoms with Crippen molar-refractivity contribution in [1.29, 1.82) is 0 Å². The van der Waals surface area contributed by atoms with Gasteiger partial charge in [-0.2, -0.15) is 0 Å². The molecule has 2 aromatic rings. The highest BCUT2D eigenvalue weighted by molar-refractivity contribution is 7.99. The van der Waals surface area contributed by atoms with Gasteiger partial charge in [0.2, 0.25) is 0 Å². The second-order valence-electron chi connectivity index (χ2n) is 4.26. The van der Waals surface area contributed by atoms with Crippen molar-refractivity contribution in [2.45, 2.75) is 24.8 Å². The Morgan fingerprint density at radius 1 is 1.44 bits per heavy atom. The van der Waals surface area contributed by atoms with Gasteiger partial charge in [0.05, 0.1) is 11.2 Å². The van der Waals surface area contributed by atoms with E-state index in [1.807, 2.05) is 30.0 Å². The Bertz CT molecular complexity index is 624. The molecule has 3 nitrogen and oxygen atoms in total. The number of carbonyl (C=O) groups is 1. The molecule has 0 bridgehead atoms. The smallest absolute Gasteiger partial charge is 0.303 e. The number of rotatable bonds is 2. The van der Waals surface area contributed by atoms with Crippen LogP contribution in [0.25, 0.3) is 10.9 Å². The number of pyridine rings is 1. The normalized spacial score (nSPS) is 13.6. The maximum absolute atomic E-state index is 10.9. The first-order valence-corrected chi connectivity index (χ1v) is 6.91. The number of fused-ring (bicyclic) bond motifs is 3. The van der Waals surface area contributed by atoms with Gasteiger partial charge in [0.1, 0.15) is 6.61 Å². The molecule has 0 amide bonds. The molecule has 0 aliphatic carbocycles. The van der Waals surface area contributed by atoms with Gasteiger partial charge in [-0.1, -0.05) is 18.2 Å². The highest BCUT2D eigenvalue weighted by Gasteiger charge is 2.20. The minimum Gasteiger partial charge on any atom is -0.459 e. The molecule has 0 saturated heterocycles. The number of benzene rings is 1. The zero-order valence-corrected chi connectivity index (χ0v) is 10.9. The molecule has 92 valence electrons. The van der Waals surface area contributed by atoms with E-state index in [4.69, 9.17) is 4.74 Å². The highest BCUT2D eigenvalue weighted by atomic mass is 32.2. The first kappa shape index (κ1) is 11.5. The molecular weight excluding hydrogens is 246 g/mol. The summed E-state index contributed by atoms with van der Waals surface area (Å²) < 4.78 is 5.09. The number of ether oxygens (including phenoxy) is 1. The molecule has 1 aromatic carbocycles. The third-order valence-electron chi connectivity index (χ3n) is 3.04. The van der Waals surface area contributed by atoms with Crippen molar-refractivity contribution < 1.29 is 9.53 Å². The fourth-order valence-corrected chi connectivity index (χ4v) is 3.47. The predicted octanol–water partition coefficient (Wildman–Crippen LogP) is 2.95. The van der Waals surface area contributed by atoms with Crippen LogP contribution in [0.2, 0.25) is 0 Å². The van der Waals surface area contributed by atoms with Gasteiger partial charge >= 0.3 is 5.97 Å². The van der Waals surface area contributed by atoms with Gasteiger partial charge in [-0.05, 0) is 18.1 Å². The second kappa shape index (κ2) is 4.61. The van der Waals surface area contributed by atoms with Crippen LogP contribution in [0.15, 0.2) is 29.2 Å². The lowest BCUT2D eigenvalue weighted by Crippen LogP contribution is -2.04. The number of thioether (sulfide) groups is 1. The van der Waals surface area contributed by atoms with Crippen LogP contribution in [0.5, 0.6) is 0 Å². The van der Waals surface area contributed by atoms with Crippen molar-refractivity contribution in [2.24, 2.45) is 0 Å². The zero-order chi connectivity index (χ0) is 12.5. The van der Waals surface area contributed by atoms with E-state index in [0.29, 0.717) is 0 Å². The van der Waals surface area contributed by atoms with E-state index in [2.05, 4.69) is 11.1 Å². The van der Waals surface area contributed by atoms with E-state index in [9.17, 15) is 4.79 Å². The lowest BCUT2D eigenvalue weighted by atomic mass is 10.1. The number of hydrogen-bond acceptors (Lipinski definition) is 4. The summed E-state index contributed by atoms with van der Waals surface area (Å²) in [5, 5.41) is 1.21. The van der Waals surface area contributed by atoms with E-state index < -0.39 is 0 Å². The van der Waals surface area contributed by atoms with Crippen LogP contribution in [0.3, 0.4) is 0 Å². The molecule has 0 saturated carbocycles. The minimum absolute atomic E-state index is 0.260. The molecule has 18 heavy (non-hydrogen) atoms. The second-order valence-corrected chi connectivity index (χ2v) is 5.37. The summed E-state index contributed by atoms with van der Waals surface area (Å²) in [6.07, 6.45) is 1.01. The van der Waals surface area contributed by atoms with Gasteiger partial charge in [0, 0.05) is 23.0 Å². The average molecular weight is 259 g/mol. The van der Waals surface area contributed by atoms with Crippen LogP contribution in [-0.2, 0) is 22.6 Å². The molecule has 2 heterocycles. The Morgan fingerprint density at radius 2 is 2.28 bits per heavy atom. The van der Waals surface area contributed by atoms with E-state index in [0.717, 1.165) is 23.4 Å². The Labute approximate surface area is 110 Å². The summed E-state index contributed by atoms with van der Waals surface area (Å²) in [4.78, 5) is 16.9. The summed E-state index contributed by atoms with van der Waals surface area (Å²) in [7, 11) is 0.